The first-order chi connectivity index (χ1) is 9.06. The highest BCUT2D eigenvalue weighted by Gasteiger charge is 2.14. The van der Waals surface area contributed by atoms with Crippen LogP contribution in [0.3, 0.4) is 0 Å². The van der Waals surface area contributed by atoms with E-state index in [2.05, 4.69) is 56.3 Å². The van der Waals surface area contributed by atoms with Gasteiger partial charge >= 0.3 is 0 Å². The van der Waals surface area contributed by atoms with E-state index >= 15 is 0 Å². The highest BCUT2D eigenvalue weighted by molar-refractivity contribution is 7.80. The maximum Gasteiger partial charge on any atom is 0.0762 e. The van der Waals surface area contributed by atoms with Crippen LogP contribution in [-0.2, 0) is 6.42 Å². The molecular weight excluding hydrogens is 250 g/mol. The van der Waals surface area contributed by atoms with Crippen LogP contribution in [0.25, 0.3) is 10.8 Å². The Labute approximate surface area is 120 Å². The zero-order valence-corrected chi connectivity index (χ0v) is 12.4. The Hall–Kier alpha value is -1.41. The molecule has 2 aromatic carbocycles. The number of hydrogen-bond donors (Lipinski definition) is 1. The molecule has 0 spiro atoms. The summed E-state index contributed by atoms with van der Waals surface area (Å²) >= 11 is 5.21. The summed E-state index contributed by atoms with van der Waals surface area (Å²) in [5.74, 6) is 0.920. The average molecular weight is 271 g/mol. The summed E-state index contributed by atoms with van der Waals surface area (Å²) in [4.78, 5) is 0.641. The van der Waals surface area contributed by atoms with E-state index in [9.17, 15) is 0 Å². The monoisotopic (exact) mass is 271 g/mol. The van der Waals surface area contributed by atoms with E-state index in [4.69, 9.17) is 18.0 Å². The van der Waals surface area contributed by atoms with Crippen LogP contribution in [-0.4, -0.2) is 4.99 Å². The molecule has 19 heavy (non-hydrogen) atoms. The van der Waals surface area contributed by atoms with Crippen LogP contribution in [0, 0.1) is 11.8 Å². The van der Waals surface area contributed by atoms with Crippen LogP contribution >= 0.6 is 12.2 Å². The van der Waals surface area contributed by atoms with Crippen molar-refractivity contribution in [3.63, 3.8) is 0 Å². The van der Waals surface area contributed by atoms with E-state index in [0.717, 1.165) is 12.8 Å². The molecule has 0 heterocycles. The second kappa shape index (κ2) is 6.16. The number of fused-ring (bicyclic) bond motifs is 1. The third kappa shape index (κ3) is 3.77. The molecule has 2 rings (SSSR count). The van der Waals surface area contributed by atoms with Crippen molar-refractivity contribution in [2.45, 2.75) is 26.7 Å². The highest BCUT2D eigenvalue weighted by atomic mass is 32.1. The maximum atomic E-state index is 5.88. The Bertz CT molecular complexity index is 574. The van der Waals surface area contributed by atoms with Crippen molar-refractivity contribution < 1.29 is 0 Å². The molecule has 0 aliphatic heterocycles. The van der Waals surface area contributed by atoms with Crippen molar-refractivity contribution in [2.24, 2.45) is 17.6 Å². The first-order valence-electron chi connectivity index (χ1n) is 6.83. The Morgan fingerprint density at radius 1 is 1.11 bits per heavy atom. The lowest BCUT2D eigenvalue weighted by Gasteiger charge is -2.18. The lowest BCUT2D eigenvalue weighted by Crippen LogP contribution is -2.24. The van der Waals surface area contributed by atoms with Gasteiger partial charge < -0.3 is 5.73 Å². The predicted octanol–water partition coefficient (Wildman–Crippen LogP) is 4.33. The largest absolute Gasteiger partial charge is 0.393 e. The highest BCUT2D eigenvalue weighted by Crippen LogP contribution is 2.21. The third-order valence-corrected chi connectivity index (χ3v) is 3.79. The van der Waals surface area contributed by atoms with Gasteiger partial charge in [-0.3, -0.25) is 0 Å². The Morgan fingerprint density at radius 2 is 1.79 bits per heavy atom. The molecule has 0 bridgehead atoms. The quantitative estimate of drug-likeness (QED) is 0.819. The molecule has 0 aliphatic carbocycles. The smallest absolute Gasteiger partial charge is 0.0762 e. The van der Waals surface area contributed by atoms with Gasteiger partial charge in [0.15, 0.2) is 0 Å². The fourth-order valence-electron chi connectivity index (χ4n) is 2.52. The minimum atomic E-state index is 0.302. The van der Waals surface area contributed by atoms with Gasteiger partial charge in [-0.05, 0) is 35.1 Å². The van der Waals surface area contributed by atoms with Gasteiger partial charge in [0.25, 0.3) is 0 Å². The molecule has 0 amide bonds. The summed E-state index contributed by atoms with van der Waals surface area (Å²) < 4.78 is 0. The molecule has 100 valence electrons. The van der Waals surface area contributed by atoms with Crippen molar-refractivity contribution in [3.8, 4) is 0 Å². The molecule has 0 aliphatic rings. The van der Waals surface area contributed by atoms with Gasteiger partial charge in [-0.2, -0.15) is 0 Å². The van der Waals surface area contributed by atoms with Gasteiger partial charge in [0, 0.05) is 5.92 Å². The predicted molar refractivity (Wildman–Crippen MR) is 87.4 cm³/mol. The summed E-state index contributed by atoms with van der Waals surface area (Å²) in [7, 11) is 0. The zero-order chi connectivity index (χ0) is 13.8. The van der Waals surface area contributed by atoms with Crippen LogP contribution in [0.4, 0.5) is 0 Å². The van der Waals surface area contributed by atoms with E-state index in [1.54, 1.807) is 0 Å². The Kier molecular flexibility index (Phi) is 4.54. The van der Waals surface area contributed by atoms with Crippen LogP contribution in [0.1, 0.15) is 25.8 Å². The first-order valence-corrected chi connectivity index (χ1v) is 7.24. The summed E-state index contributed by atoms with van der Waals surface area (Å²) in [6, 6.07) is 15.0. The fourth-order valence-corrected chi connectivity index (χ4v) is 2.70. The van der Waals surface area contributed by atoms with Crippen molar-refractivity contribution in [2.75, 3.05) is 0 Å². The lowest BCUT2D eigenvalue weighted by atomic mass is 9.90. The van der Waals surface area contributed by atoms with Crippen molar-refractivity contribution in [1.82, 2.24) is 0 Å². The molecule has 2 heteroatoms. The van der Waals surface area contributed by atoms with E-state index in [1.807, 2.05) is 0 Å². The number of thiocarbonyl (C=S) groups is 1. The van der Waals surface area contributed by atoms with E-state index in [-0.39, 0.29) is 0 Å². The van der Waals surface area contributed by atoms with Crippen LogP contribution < -0.4 is 5.73 Å². The van der Waals surface area contributed by atoms with Gasteiger partial charge in [-0.15, -0.1) is 0 Å². The lowest BCUT2D eigenvalue weighted by molar-refractivity contribution is 0.495. The SMILES string of the molecule is CC(C)C[C@H](Cc1ccc2ccccc2c1)C(N)=S. The molecule has 2 N–H and O–H groups in total. The summed E-state index contributed by atoms with van der Waals surface area (Å²) in [6.45, 7) is 4.43. The molecule has 0 fully saturated rings. The van der Waals surface area contributed by atoms with Crippen LogP contribution in [0.2, 0.25) is 0 Å². The molecule has 0 aromatic heterocycles. The zero-order valence-electron chi connectivity index (χ0n) is 11.6. The minimum Gasteiger partial charge on any atom is -0.393 e. The standard InChI is InChI=1S/C17H21NS/c1-12(2)9-16(17(18)19)11-13-7-8-14-5-3-4-6-15(14)10-13/h3-8,10,12,16H,9,11H2,1-2H3,(H2,18,19)/t16-/m1/s1. The fraction of sp³-hybridized carbons (Fsp3) is 0.353. The van der Waals surface area contributed by atoms with Crippen molar-refractivity contribution >= 4 is 28.0 Å². The number of hydrogen-bond acceptors (Lipinski definition) is 1. The molecule has 0 saturated heterocycles. The van der Waals surface area contributed by atoms with Crippen LogP contribution in [0.5, 0.6) is 0 Å². The molecule has 0 unspecified atom stereocenters. The van der Waals surface area contributed by atoms with Gasteiger partial charge in [0.2, 0.25) is 0 Å². The number of rotatable bonds is 5. The summed E-state index contributed by atoms with van der Waals surface area (Å²) in [5, 5.41) is 2.56. The Morgan fingerprint density at radius 3 is 2.42 bits per heavy atom. The molecular formula is C17H21NS. The minimum absolute atomic E-state index is 0.302. The Balaban J connectivity index is 2.21. The van der Waals surface area contributed by atoms with Gasteiger partial charge in [0.05, 0.1) is 4.99 Å². The first kappa shape index (κ1) is 14.0. The number of nitrogens with two attached hydrogens (primary N) is 1. The average Bonchev–Trinajstić information content (AvgIpc) is 2.37. The third-order valence-electron chi connectivity index (χ3n) is 3.45. The molecule has 2 aromatic rings. The second-order valence-electron chi connectivity index (χ2n) is 5.61. The molecule has 0 saturated carbocycles. The van der Waals surface area contributed by atoms with Gasteiger partial charge in [-0.1, -0.05) is 68.5 Å². The van der Waals surface area contributed by atoms with Crippen molar-refractivity contribution in [3.05, 3.63) is 48.0 Å². The molecule has 1 atom stereocenters. The topological polar surface area (TPSA) is 26.0 Å². The van der Waals surface area contributed by atoms with E-state index in [1.165, 1.54) is 16.3 Å². The van der Waals surface area contributed by atoms with Crippen LogP contribution in [0.15, 0.2) is 42.5 Å². The van der Waals surface area contributed by atoms with E-state index < -0.39 is 0 Å². The maximum absolute atomic E-state index is 5.88. The summed E-state index contributed by atoms with van der Waals surface area (Å²) in [6.07, 6.45) is 2.00. The second-order valence-corrected chi connectivity index (χ2v) is 6.09. The van der Waals surface area contributed by atoms with Crippen molar-refractivity contribution in [1.29, 1.82) is 0 Å². The van der Waals surface area contributed by atoms with Gasteiger partial charge in [0.1, 0.15) is 0 Å². The van der Waals surface area contributed by atoms with E-state index in [0.29, 0.717) is 16.8 Å². The van der Waals surface area contributed by atoms with Gasteiger partial charge in [-0.25, -0.2) is 0 Å². The summed E-state index contributed by atoms with van der Waals surface area (Å²) in [5.41, 5.74) is 7.19. The normalized spacial score (nSPS) is 12.8. The number of benzene rings is 2. The molecule has 1 nitrogen and oxygen atoms in total. The molecule has 0 radical (unpaired) electrons.